The number of carboxylic acids is 1. The van der Waals surface area contributed by atoms with Gasteiger partial charge >= 0.3 is 5.97 Å². The summed E-state index contributed by atoms with van der Waals surface area (Å²) < 4.78 is 0.913. The fraction of sp³-hybridized carbons (Fsp3) is 0.0769. The highest BCUT2D eigenvalue weighted by molar-refractivity contribution is 9.10. The molecule has 3 aromatic carbocycles. The van der Waals surface area contributed by atoms with Crippen LogP contribution < -0.4 is 5.32 Å². The highest BCUT2D eigenvalue weighted by Gasteiger charge is 2.23. The summed E-state index contributed by atoms with van der Waals surface area (Å²) in [5.41, 5.74) is 3.30. The van der Waals surface area contributed by atoms with Crippen LogP contribution in [-0.4, -0.2) is 17.0 Å². The van der Waals surface area contributed by atoms with Crippen molar-refractivity contribution in [2.75, 3.05) is 5.32 Å². The van der Waals surface area contributed by atoms with E-state index in [-0.39, 0.29) is 23.8 Å². The maximum atomic E-state index is 13.0. The molecule has 2 N–H and O–H groups in total. The molecule has 0 radical (unpaired) electrons. The highest BCUT2D eigenvalue weighted by Crippen LogP contribution is 2.37. The molecule has 4 nitrogen and oxygen atoms in total. The van der Waals surface area contributed by atoms with Gasteiger partial charge in [-0.2, -0.15) is 0 Å². The molecule has 32 heavy (non-hydrogen) atoms. The summed E-state index contributed by atoms with van der Waals surface area (Å²) in [7, 11) is 0. The van der Waals surface area contributed by atoms with Crippen molar-refractivity contribution >= 4 is 44.8 Å². The lowest BCUT2D eigenvalue weighted by Crippen LogP contribution is -2.17. The third kappa shape index (κ3) is 4.98. The first-order valence-corrected chi connectivity index (χ1v) is 11.7. The Hall–Kier alpha value is -3.22. The molecule has 160 valence electrons. The molecule has 1 aromatic heterocycles. The molecule has 4 aromatic rings. The normalized spacial score (nSPS) is 10.8. The van der Waals surface area contributed by atoms with Crippen LogP contribution in [0, 0.1) is 0 Å². The van der Waals surface area contributed by atoms with Crippen LogP contribution in [0.4, 0.5) is 5.69 Å². The van der Waals surface area contributed by atoms with E-state index in [0.29, 0.717) is 10.6 Å². The van der Waals surface area contributed by atoms with E-state index in [1.54, 1.807) is 5.38 Å². The van der Waals surface area contributed by atoms with E-state index < -0.39 is 5.97 Å². The van der Waals surface area contributed by atoms with Gasteiger partial charge in [-0.1, -0.05) is 88.7 Å². The predicted molar refractivity (Wildman–Crippen MR) is 132 cm³/mol. The van der Waals surface area contributed by atoms with E-state index in [1.165, 1.54) is 11.3 Å². The Morgan fingerprint density at radius 1 is 0.875 bits per heavy atom. The zero-order chi connectivity index (χ0) is 22.5. The maximum Gasteiger partial charge on any atom is 0.339 e. The number of hydrogen-bond donors (Lipinski definition) is 2. The number of carboxylic acid groups (broad SMARTS) is 1. The molecular formula is C26H20BrNO3S. The maximum absolute atomic E-state index is 13.0. The van der Waals surface area contributed by atoms with Gasteiger partial charge in [-0.3, -0.25) is 4.79 Å². The van der Waals surface area contributed by atoms with Crippen LogP contribution in [-0.2, 0) is 4.79 Å². The minimum Gasteiger partial charge on any atom is -0.478 e. The molecule has 0 fully saturated rings. The Kier molecular flexibility index (Phi) is 6.83. The quantitative estimate of drug-likeness (QED) is 0.283. The average Bonchev–Trinajstić information content (AvgIpc) is 3.23. The Labute approximate surface area is 198 Å². The summed E-state index contributed by atoms with van der Waals surface area (Å²) in [5, 5.41) is 14.4. The lowest BCUT2D eigenvalue weighted by molar-refractivity contribution is -0.116. The van der Waals surface area contributed by atoms with Gasteiger partial charge in [0.1, 0.15) is 5.56 Å². The van der Waals surface area contributed by atoms with Gasteiger partial charge in [-0.15, -0.1) is 11.3 Å². The van der Waals surface area contributed by atoms with E-state index in [0.717, 1.165) is 21.2 Å². The van der Waals surface area contributed by atoms with Crippen molar-refractivity contribution in [2.45, 2.75) is 12.3 Å². The van der Waals surface area contributed by atoms with E-state index >= 15 is 0 Å². The molecular weight excluding hydrogens is 486 g/mol. The Balaban J connectivity index is 1.60. The van der Waals surface area contributed by atoms with Crippen LogP contribution in [0.3, 0.4) is 0 Å². The van der Waals surface area contributed by atoms with Crippen LogP contribution in [0.1, 0.15) is 33.8 Å². The number of aromatic carboxylic acids is 1. The third-order valence-electron chi connectivity index (χ3n) is 5.18. The van der Waals surface area contributed by atoms with Crippen LogP contribution in [0.2, 0.25) is 0 Å². The second-order valence-corrected chi connectivity index (χ2v) is 9.09. The van der Waals surface area contributed by atoms with Crippen LogP contribution >= 0.6 is 27.3 Å². The average molecular weight is 506 g/mol. The summed E-state index contributed by atoms with van der Waals surface area (Å²) in [5.74, 6) is -1.43. The van der Waals surface area contributed by atoms with Gasteiger partial charge < -0.3 is 10.4 Å². The summed E-state index contributed by atoms with van der Waals surface area (Å²) in [6, 6.07) is 27.2. The van der Waals surface area contributed by atoms with Gasteiger partial charge in [-0.05, 0) is 28.8 Å². The minimum absolute atomic E-state index is 0.113. The first-order valence-electron chi connectivity index (χ1n) is 10.0. The number of carbonyl (C=O) groups is 2. The van der Waals surface area contributed by atoms with Gasteiger partial charge in [0.15, 0.2) is 0 Å². The van der Waals surface area contributed by atoms with E-state index in [1.807, 2.05) is 84.9 Å². The van der Waals surface area contributed by atoms with Crippen molar-refractivity contribution in [2.24, 2.45) is 0 Å². The standard InChI is InChI=1S/C26H20BrNO3S/c27-20-13-11-19(12-14-20)25-24(26(30)31)22(16-32-25)28-23(29)15-21(17-7-3-1-4-8-17)18-9-5-2-6-10-18/h1-14,16,21H,15H2,(H,28,29)(H,30,31). The molecule has 0 saturated heterocycles. The molecule has 0 aliphatic carbocycles. The highest BCUT2D eigenvalue weighted by atomic mass is 79.9. The van der Waals surface area contributed by atoms with Crippen molar-refractivity contribution < 1.29 is 14.7 Å². The minimum atomic E-state index is -1.07. The summed E-state index contributed by atoms with van der Waals surface area (Å²) in [4.78, 5) is 25.7. The van der Waals surface area contributed by atoms with Crippen LogP contribution in [0.25, 0.3) is 10.4 Å². The third-order valence-corrected chi connectivity index (χ3v) is 6.74. The lowest BCUT2D eigenvalue weighted by atomic mass is 9.88. The van der Waals surface area contributed by atoms with Crippen molar-refractivity contribution in [3.63, 3.8) is 0 Å². The topological polar surface area (TPSA) is 66.4 Å². The molecule has 0 aliphatic rings. The summed E-state index contributed by atoms with van der Waals surface area (Å²) in [6.07, 6.45) is 0.205. The second kappa shape index (κ2) is 9.94. The molecule has 1 amide bonds. The first kappa shape index (κ1) is 22.0. The largest absolute Gasteiger partial charge is 0.478 e. The molecule has 0 aliphatic heterocycles. The summed E-state index contributed by atoms with van der Waals surface area (Å²) >= 11 is 4.70. The van der Waals surface area contributed by atoms with Crippen molar-refractivity contribution in [3.8, 4) is 10.4 Å². The van der Waals surface area contributed by atoms with Gasteiger partial charge in [-0.25, -0.2) is 4.79 Å². The second-order valence-electron chi connectivity index (χ2n) is 7.29. The van der Waals surface area contributed by atoms with Gasteiger partial charge in [0.05, 0.1) is 10.6 Å². The fourth-order valence-corrected chi connectivity index (χ4v) is 4.93. The molecule has 6 heteroatoms. The van der Waals surface area contributed by atoms with Gasteiger partial charge in [0, 0.05) is 22.2 Å². The van der Waals surface area contributed by atoms with Gasteiger partial charge in [0.25, 0.3) is 0 Å². The Morgan fingerprint density at radius 3 is 1.97 bits per heavy atom. The van der Waals surface area contributed by atoms with Gasteiger partial charge in [0.2, 0.25) is 5.91 Å². The number of rotatable bonds is 7. The van der Waals surface area contributed by atoms with Crippen LogP contribution in [0.15, 0.2) is 94.8 Å². The smallest absolute Gasteiger partial charge is 0.339 e. The predicted octanol–water partition coefficient (Wildman–Crippen LogP) is 7.04. The van der Waals surface area contributed by atoms with Crippen LogP contribution in [0.5, 0.6) is 0 Å². The number of hydrogen-bond acceptors (Lipinski definition) is 3. The zero-order valence-corrected chi connectivity index (χ0v) is 19.4. The molecule has 0 atom stereocenters. The lowest BCUT2D eigenvalue weighted by Gasteiger charge is -2.18. The summed E-state index contributed by atoms with van der Waals surface area (Å²) in [6.45, 7) is 0. The van der Waals surface area contributed by atoms with Crippen molar-refractivity contribution in [1.82, 2.24) is 0 Å². The number of anilines is 1. The first-order chi connectivity index (χ1) is 15.5. The molecule has 1 heterocycles. The van der Waals surface area contributed by atoms with E-state index in [2.05, 4.69) is 21.2 Å². The SMILES string of the molecule is O=C(CC(c1ccccc1)c1ccccc1)Nc1csc(-c2ccc(Br)cc2)c1C(=O)O. The molecule has 0 bridgehead atoms. The number of halogens is 1. The zero-order valence-electron chi connectivity index (χ0n) is 17.0. The fourth-order valence-electron chi connectivity index (χ4n) is 3.66. The van der Waals surface area contributed by atoms with Crippen molar-refractivity contribution in [1.29, 1.82) is 0 Å². The number of nitrogens with one attached hydrogen (secondary N) is 1. The van der Waals surface area contributed by atoms with E-state index in [4.69, 9.17) is 0 Å². The number of thiophene rings is 1. The monoisotopic (exact) mass is 505 g/mol. The molecule has 0 unspecified atom stereocenters. The molecule has 4 rings (SSSR count). The Bertz CT molecular complexity index is 1180. The number of carbonyl (C=O) groups excluding carboxylic acids is 1. The van der Waals surface area contributed by atoms with Crippen molar-refractivity contribution in [3.05, 3.63) is 111 Å². The number of amides is 1. The molecule has 0 saturated carbocycles. The Morgan fingerprint density at radius 2 is 1.44 bits per heavy atom. The number of benzene rings is 3. The molecule has 0 spiro atoms. The van der Waals surface area contributed by atoms with E-state index in [9.17, 15) is 14.7 Å².